The molecule has 2 heterocycles. The van der Waals surface area contributed by atoms with Gasteiger partial charge in [0.2, 0.25) is 0 Å². The number of ether oxygens (including phenoxy) is 2. The Morgan fingerprint density at radius 2 is 2.02 bits per heavy atom. The molecule has 1 aliphatic carbocycles. The number of aliphatic hydroxyl groups excluding tert-OH is 1. The minimum atomic E-state index is -4.27. The summed E-state index contributed by atoms with van der Waals surface area (Å²) in [6.07, 6.45) is 1.89. The number of hydrogen-bond acceptors (Lipinski definition) is 9. The van der Waals surface area contributed by atoms with Gasteiger partial charge in [0, 0.05) is 17.6 Å². The molecule has 2 aromatic rings. The molecular weight excluding hydrogens is 633 g/mol. The largest absolute Gasteiger partial charge is 0.465 e. The molecule has 2 unspecified atom stereocenters. The predicted octanol–water partition coefficient (Wildman–Crippen LogP) is 3.87. The molecule has 0 amide bonds. The molecule has 2 fully saturated rings. The summed E-state index contributed by atoms with van der Waals surface area (Å²) in [6.45, 7) is 1.43. The number of nitrogens with one attached hydrogen (secondary N) is 2. The summed E-state index contributed by atoms with van der Waals surface area (Å²) in [6, 6.07) is 6.11. The number of aromatic nitrogens is 2. The second kappa shape index (κ2) is 13.2. The number of aromatic amines is 1. The highest BCUT2D eigenvalue weighted by Gasteiger charge is 2.49. The number of H-pyrrole nitrogens is 1. The Morgan fingerprint density at radius 3 is 2.67 bits per heavy atom. The number of hydrogen-bond donors (Lipinski definition) is 3. The van der Waals surface area contributed by atoms with Crippen LogP contribution >= 0.6 is 35.3 Å². The maximum absolute atomic E-state index is 14.1. The third-order valence-electron chi connectivity index (χ3n) is 6.67. The van der Waals surface area contributed by atoms with Crippen LogP contribution in [0.25, 0.3) is 6.08 Å². The van der Waals surface area contributed by atoms with E-state index >= 15 is 0 Å². The first kappa shape index (κ1) is 30.7. The van der Waals surface area contributed by atoms with Crippen molar-refractivity contribution in [1.82, 2.24) is 14.6 Å². The lowest BCUT2D eigenvalue weighted by molar-refractivity contribution is -0.150. The van der Waals surface area contributed by atoms with Crippen LogP contribution in [0, 0.1) is 0 Å². The van der Waals surface area contributed by atoms with Crippen molar-refractivity contribution in [3.63, 3.8) is 0 Å². The van der Waals surface area contributed by atoms with Crippen LogP contribution in [0.5, 0.6) is 5.75 Å². The highest BCUT2D eigenvalue weighted by molar-refractivity contribution is 9.11. The Hall–Kier alpha value is -2.25. The molecule has 1 aromatic carbocycles. The average Bonchev–Trinajstić information content (AvgIpc) is 3.53. The molecule has 0 bridgehead atoms. The van der Waals surface area contributed by atoms with Gasteiger partial charge in [0.25, 0.3) is 5.56 Å². The van der Waals surface area contributed by atoms with Crippen molar-refractivity contribution in [3.05, 3.63) is 66.9 Å². The normalized spacial score (nSPS) is 23.8. The number of nitrogens with zero attached hydrogens (tertiary/aromatic N) is 1. The van der Waals surface area contributed by atoms with E-state index in [4.69, 9.17) is 30.1 Å². The van der Waals surface area contributed by atoms with Crippen LogP contribution in [0.4, 0.5) is 0 Å². The van der Waals surface area contributed by atoms with Gasteiger partial charge < -0.3 is 19.1 Å². The van der Waals surface area contributed by atoms with Crippen molar-refractivity contribution in [3.8, 4) is 5.75 Å². The van der Waals surface area contributed by atoms with Gasteiger partial charge in [-0.3, -0.25) is 23.7 Å². The molecule has 1 saturated heterocycles. The van der Waals surface area contributed by atoms with E-state index in [2.05, 4.69) is 26.0 Å². The van der Waals surface area contributed by atoms with Gasteiger partial charge in [-0.25, -0.2) is 9.36 Å². The van der Waals surface area contributed by atoms with E-state index < -0.39 is 55.5 Å². The first-order chi connectivity index (χ1) is 19.1. The van der Waals surface area contributed by atoms with Gasteiger partial charge in [0.05, 0.1) is 24.9 Å². The van der Waals surface area contributed by atoms with Crippen LogP contribution in [0.15, 0.2) is 45.0 Å². The summed E-state index contributed by atoms with van der Waals surface area (Å²) >= 11 is 9.06. The van der Waals surface area contributed by atoms with Crippen LogP contribution in [0.1, 0.15) is 50.8 Å². The monoisotopic (exact) mass is 661 g/mol. The van der Waals surface area contributed by atoms with E-state index in [1.807, 2.05) is 0 Å². The van der Waals surface area contributed by atoms with E-state index in [0.717, 1.165) is 4.57 Å². The fraction of sp³-hybridized carbons (Fsp3) is 0.480. The topological polar surface area (TPSA) is 158 Å². The predicted molar refractivity (Wildman–Crippen MR) is 150 cm³/mol. The smallest absolute Gasteiger partial charge is 0.459 e. The molecule has 4 atom stereocenters. The number of carbonyl (C=O) groups is 1. The van der Waals surface area contributed by atoms with Crippen LogP contribution in [0.3, 0.4) is 0 Å². The fourth-order valence-electron chi connectivity index (χ4n) is 4.70. The number of benzene rings is 1. The third kappa shape index (κ3) is 7.14. The highest BCUT2D eigenvalue weighted by Crippen LogP contribution is 2.50. The molecule has 40 heavy (non-hydrogen) atoms. The molecule has 1 saturated carbocycles. The quantitative estimate of drug-likeness (QED) is 0.238. The second-order valence-corrected chi connectivity index (χ2v) is 12.1. The molecule has 4 rings (SSSR count). The standard InChI is InChI=1S/C25H30BrClN3O9P/c1-2-36-23(33)25(10-3-4-11-25)29-40(35,39-18-7-5-17(27)6-8-18)37-15-20-19(31)13-21(38-20)30-14-16(9-12-26)22(32)28-24(30)34/h5-9,12,14,19-21,31H,2-4,10-11,13,15H2,1H3,(H,29,35)(H,28,32,34)/t19?,20-,21-,40?/m1/s1. The molecule has 15 heteroatoms. The van der Waals surface area contributed by atoms with E-state index in [-0.39, 0.29) is 24.3 Å². The number of esters is 1. The van der Waals surface area contributed by atoms with Crippen molar-refractivity contribution in [2.24, 2.45) is 0 Å². The zero-order valence-corrected chi connectivity index (χ0v) is 24.8. The number of carbonyl (C=O) groups excluding carboxylic acids is 1. The SMILES string of the molecule is CCOC(=O)C1(NP(=O)(OC[C@H]2O[C@@H](n3cc(C=CBr)c(=O)[nH]c3=O)CC2O)Oc2ccc(Cl)cc2)CCCC1. The second-order valence-electron chi connectivity index (χ2n) is 9.44. The van der Waals surface area contributed by atoms with E-state index in [9.17, 15) is 24.1 Å². The molecule has 218 valence electrons. The zero-order chi connectivity index (χ0) is 28.9. The van der Waals surface area contributed by atoms with Crippen LogP contribution in [-0.2, 0) is 23.4 Å². The zero-order valence-electron chi connectivity index (χ0n) is 21.6. The first-order valence-electron chi connectivity index (χ1n) is 12.7. The highest BCUT2D eigenvalue weighted by atomic mass is 79.9. The Kier molecular flexibility index (Phi) is 10.1. The summed E-state index contributed by atoms with van der Waals surface area (Å²) < 4.78 is 37.9. The minimum Gasteiger partial charge on any atom is -0.465 e. The van der Waals surface area contributed by atoms with Crippen molar-refractivity contribution >= 4 is 47.3 Å². The molecule has 0 spiro atoms. The lowest BCUT2D eigenvalue weighted by Crippen LogP contribution is -2.50. The number of aliphatic hydroxyl groups is 1. The lowest BCUT2D eigenvalue weighted by Gasteiger charge is -2.32. The van der Waals surface area contributed by atoms with Gasteiger partial charge >= 0.3 is 19.4 Å². The summed E-state index contributed by atoms with van der Waals surface area (Å²) in [5, 5.41) is 14.0. The van der Waals surface area contributed by atoms with Gasteiger partial charge in [-0.15, -0.1) is 0 Å². The first-order valence-corrected chi connectivity index (χ1v) is 15.5. The van der Waals surface area contributed by atoms with Gasteiger partial charge in [-0.2, -0.15) is 5.09 Å². The van der Waals surface area contributed by atoms with Gasteiger partial charge in [0.15, 0.2) is 0 Å². The van der Waals surface area contributed by atoms with Gasteiger partial charge in [0.1, 0.15) is 23.6 Å². The molecule has 12 nitrogen and oxygen atoms in total. The maximum atomic E-state index is 14.1. The van der Waals surface area contributed by atoms with Crippen LogP contribution < -0.4 is 20.9 Å². The molecule has 0 radical (unpaired) electrons. The molecule has 2 aliphatic rings. The molecule has 3 N–H and O–H groups in total. The van der Waals surface area contributed by atoms with E-state index in [0.29, 0.717) is 30.7 Å². The van der Waals surface area contributed by atoms with E-state index in [1.54, 1.807) is 19.1 Å². The number of rotatable bonds is 11. The van der Waals surface area contributed by atoms with Crippen molar-refractivity contribution in [2.45, 2.75) is 63.0 Å². The Balaban J connectivity index is 1.55. The van der Waals surface area contributed by atoms with Crippen LogP contribution in [0.2, 0.25) is 5.02 Å². The summed E-state index contributed by atoms with van der Waals surface area (Å²) in [5.41, 5.74) is -2.38. The summed E-state index contributed by atoms with van der Waals surface area (Å²) in [7, 11) is -4.27. The Morgan fingerprint density at radius 1 is 1.32 bits per heavy atom. The van der Waals surface area contributed by atoms with E-state index in [1.165, 1.54) is 29.4 Å². The third-order valence-corrected chi connectivity index (χ3v) is 8.83. The Bertz CT molecular complexity index is 1390. The van der Waals surface area contributed by atoms with Gasteiger partial charge in [-0.1, -0.05) is 40.4 Å². The van der Waals surface area contributed by atoms with Crippen molar-refractivity contribution in [1.29, 1.82) is 0 Å². The van der Waals surface area contributed by atoms with Crippen LogP contribution in [-0.4, -0.2) is 51.6 Å². The fourth-order valence-corrected chi connectivity index (χ4v) is 6.85. The average molecular weight is 663 g/mol. The van der Waals surface area contributed by atoms with Gasteiger partial charge in [-0.05, 0) is 55.1 Å². The maximum Gasteiger partial charge on any atom is 0.459 e. The van der Waals surface area contributed by atoms with Crippen molar-refractivity contribution in [2.75, 3.05) is 13.2 Å². The molecule has 1 aliphatic heterocycles. The molecule has 1 aromatic heterocycles. The summed E-state index contributed by atoms with van der Waals surface area (Å²) in [5.74, 6) is -0.380. The van der Waals surface area contributed by atoms with Crippen molar-refractivity contribution < 1.29 is 33.0 Å². The lowest BCUT2D eigenvalue weighted by atomic mass is 10.00. The summed E-state index contributed by atoms with van der Waals surface area (Å²) in [4.78, 5) is 41.1. The Labute approximate surface area is 243 Å². The molecular formula is C25H30BrClN3O9P. The minimum absolute atomic E-state index is 0.0000208. The number of halogens is 2.